The number of rotatable bonds is 4. The number of nitro groups is 1. The fourth-order valence-corrected chi connectivity index (χ4v) is 2.07. The topological polar surface area (TPSA) is 96.0 Å². The molecule has 6 nitrogen and oxygen atoms in total. The van der Waals surface area contributed by atoms with Crippen molar-refractivity contribution in [2.75, 3.05) is 5.32 Å². The van der Waals surface area contributed by atoms with Gasteiger partial charge in [0.25, 0.3) is 5.69 Å². The van der Waals surface area contributed by atoms with Crippen LogP contribution >= 0.6 is 15.9 Å². The molecule has 1 atom stereocenters. The lowest BCUT2D eigenvalue weighted by atomic mass is 10.1. The van der Waals surface area contributed by atoms with Gasteiger partial charge in [0.05, 0.1) is 16.7 Å². The lowest BCUT2D eigenvalue weighted by Crippen LogP contribution is -2.21. The molecular weight excluding hydrogens is 314 g/mol. The van der Waals surface area contributed by atoms with Gasteiger partial charge in [-0.3, -0.25) is 14.9 Å². The average Bonchev–Trinajstić information content (AvgIpc) is 2.33. The normalized spacial score (nSPS) is 11.5. The predicted molar refractivity (Wildman–Crippen MR) is 73.6 cm³/mol. The molecule has 100 valence electrons. The number of benzene rings is 1. The summed E-state index contributed by atoms with van der Waals surface area (Å²) >= 11 is 3.23. The molecule has 1 N–H and O–H groups in total. The number of anilines is 1. The molecule has 1 aromatic carbocycles. The van der Waals surface area contributed by atoms with Crippen molar-refractivity contribution in [2.45, 2.75) is 20.3 Å². The van der Waals surface area contributed by atoms with Crippen LogP contribution in [0.1, 0.15) is 18.9 Å². The third-order valence-corrected chi connectivity index (χ3v) is 3.28. The van der Waals surface area contributed by atoms with E-state index in [2.05, 4.69) is 21.2 Å². The second-order valence-corrected chi connectivity index (χ2v) is 4.81. The second kappa shape index (κ2) is 6.29. The first kappa shape index (κ1) is 15.1. The molecule has 1 unspecified atom stereocenters. The van der Waals surface area contributed by atoms with Gasteiger partial charge >= 0.3 is 0 Å². The maximum atomic E-state index is 11.8. The van der Waals surface area contributed by atoms with Crippen molar-refractivity contribution in [3.05, 3.63) is 32.3 Å². The highest BCUT2D eigenvalue weighted by molar-refractivity contribution is 9.10. The van der Waals surface area contributed by atoms with Crippen molar-refractivity contribution < 1.29 is 9.72 Å². The number of carbonyl (C=O) groups is 1. The van der Waals surface area contributed by atoms with Crippen LogP contribution < -0.4 is 5.32 Å². The highest BCUT2D eigenvalue weighted by atomic mass is 79.9. The zero-order valence-electron chi connectivity index (χ0n) is 10.4. The van der Waals surface area contributed by atoms with Crippen LogP contribution in [-0.2, 0) is 4.79 Å². The number of halogens is 1. The van der Waals surface area contributed by atoms with E-state index in [1.807, 2.05) is 6.07 Å². The lowest BCUT2D eigenvalue weighted by Gasteiger charge is -2.10. The Bertz CT molecular complexity index is 566. The number of hydrogen-bond donors (Lipinski definition) is 1. The molecule has 1 rings (SSSR count). The first-order valence-electron chi connectivity index (χ1n) is 5.55. The summed E-state index contributed by atoms with van der Waals surface area (Å²) in [4.78, 5) is 22.1. The third kappa shape index (κ3) is 3.51. The highest BCUT2D eigenvalue weighted by Crippen LogP contribution is 2.31. The van der Waals surface area contributed by atoms with Crippen molar-refractivity contribution in [1.82, 2.24) is 0 Å². The second-order valence-electron chi connectivity index (χ2n) is 3.95. The number of aryl methyl sites for hydroxylation is 1. The van der Waals surface area contributed by atoms with Gasteiger partial charge < -0.3 is 5.32 Å². The van der Waals surface area contributed by atoms with Gasteiger partial charge in [0.1, 0.15) is 5.92 Å². The van der Waals surface area contributed by atoms with E-state index in [-0.39, 0.29) is 11.4 Å². The Morgan fingerprint density at radius 3 is 2.74 bits per heavy atom. The van der Waals surface area contributed by atoms with E-state index < -0.39 is 16.7 Å². The maximum absolute atomic E-state index is 11.8. The molecule has 0 bridgehead atoms. The van der Waals surface area contributed by atoms with E-state index in [0.29, 0.717) is 16.5 Å². The number of hydrogen-bond acceptors (Lipinski definition) is 4. The zero-order valence-corrected chi connectivity index (χ0v) is 12.0. The summed E-state index contributed by atoms with van der Waals surface area (Å²) in [5, 5.41) is 22.2. The van der Waals surface area contributed by atoms with Crippen LogP contribution in [0.2, 0.25) is 0 Å². The highest BCUT2D eigenvalue weighted by Gasteiger charge is 2.19. The van der Waals surface area contributed by atoms with Gasteiger partial charge in [0.15, 0.2) is 0 Å². The summed E-state index contributed by atoms with van der Waals surface area (Å²) in [5.74, 6) is -1.24. The molecule has 0 aliphatic carbocycles. The van der Waals surface area contributed by atoms with Gasteiger partial charge in [-0.25, -0.2) is 0 Å². The molecule has 0 saturated carbocycles. The van der Waals surface area contributed by atoms with Gasteiger partial charge in [-0.2, -0.15) is 5.26 Å². The largest absolute Gasteiger partial charge is 0.324 e. The molecule has 0 saturated heterocycles. The van der Waals surface area contributed by atoms with Gasteiger partial charge in [0.2, 0.25) is 5.91 Å². The number of carbonyl (C=O) groups excluding carboxylic acids is 1. The number of nitro benzene ring substituents is 1. The summed E-state index contributed by atoms with van der Waals surface area (Å²) < 4.78 is 0.539. The molecule has 1 aromatic rings. The molecule has 0 aliphatic heterocycles. The summed E-state index contributed by atoms with van der Waals surface area (Å²) in [6, 6.07) is 4.71. The summed E-state index contributed by atoms with van der Waals surface area (Å²) in [5.41, 5.74) is 0.696. The van der Waals surface area contributed by atoms with Crippen LogP contribution in [0, 0.1) is 34.3 Å². The van der Waals surface area contributed by atoms with E-state index in [1.165, 1.54) is 6.07 Å². The van der Waals surface area contributed by atoms with Gasteiger partial charge in [-0.05, 0) is 35.3 Å². The molecule has 0 heterocycles. The van der Waals surface area contributed by atoms with Gasteiger partial charge in [-0.1, -0.05) is 6.92 Å². The summed E-state index contributed by atoms with van der Waals surface area (Å²) in [6.45, 7) is 3.33. The minimum absolute atomic E-state index is 0.0801. The third-order valence-electron chi connectivity index (χ3n) is 2.62. The Morgan fingerprint density at radius 1 is 1.63 bits per heavy atom. The van der Waals surface area contributed by atoms with E-state index in [0.717, 1.165) is 0 Å². The van der Waals surface area contributed by atoms with Gasteiger partial charge in [-0.15, -0.1) is 0 Å². The Labute approximate surface area is 118 Å². The summed E-state index contributed by atoms with van der Waals surface area (Å²) in [6.07, 6.45) is 0.383. The van der Waals surface area contributed by atoms with Crippen LogP contribution in [0.25, 0.3) is 0 Å². The molecule has 0 radical (unpaired) electrons. The minimum Gasteiger partial charge on any atom is -0.324 e. The molecule has 0 spiro atoms. The smallest absolute Gasteiger partial charge is 0.274 e. The first-order chi connectivity index (χ1) is 8.90. The Kier molecular flexibility index (Phi) is 5.01. The molecule has 0 aliphatic rings. The van der Waals surface area contributed by atoms with Crippen LogP contribution in [0.5, 0.6) is 0 Å². The van der Waals surface area contributed by atoms with Crippen molar-refractivity contribution in [3.8, 4) is 6.07 Å². The molecule has 19 heavy (non-hydrogen) atoms. The minimum atomic E-state index is -0.771. The van der Waals surface area contributed by atoms with Crippen molar-refractivity contribution in [3.63, 3.8) is 0 Å². The monoisotopic (exact) mass is 325 g/mol. The van der Waals surface area contributed by atoms with Crippen LogP contribution in [0.4, 0.5) is 11.4 Å². The number of nitriles is 1. The van der Waals surface area contributed by atoms with E-state index in [9.17, 15) is 14.9 Å². The average molecular weight is 326 g/mol. The van der Waals surface area contributed by atoms with Gasteiger partial charge in [0, 0.05) is 16.1 Å². The van der Waals surface area contributed by atoms with Crippen molar-refractivity contribution in [1.29, 1.82) is 5.26 Å². The molecule has 0 fully saturated rings. The lowest BCUT2D eigenvalue weighted by molar-refractivity contribution is -0.385. The Balaban J connectivity index is 3.09. The molecule has 0 aromatic heterocycles. The molecular formula is C12H12BrN3O3. The molecule has 7 heteroatoms. The van der Waals surface area contributed by atoms with Crippen LogP contribution in [-0.4, -0.2) is 10.8 Å². The number of nitrogens with zero attached hydrogens (tertiary/aromatic N) is 2. The summed E-state index contributed by atoms with van der Waals surface area (Å²) in [7, 11) is 0. The maximum Gasteiger partial charge on any atom is 0.274 e. The van der Waals surface area contributed by atoms with E-state index in [1.54, 1.807) is 19.9 Å². The zero-order chi connectivity index (χ0) is 14.6. The number of nitrogens with one attached hydrogen (secondary N) is 1. The fourth-order valence-electron chi connectivity index (χ4n) is 1.51. The number of amides is 1. The predicted octanol–water partition coefficient (Wildman–Crippen LogP) is 3.15. The SMILES string of the molecule is CCC(C#N)C(=O)Nc1cc([N+](=O)[O-])c(C)cc1Br. The Morgan fingerprint density at radius 2 is 2.26 bits per heavy atom. The fraction of sp³-hybridized carbons (Fsp3) is 0.333. The first-order valence-corrected chi connectivity index (χ1v) is 6.35. The quantitative estimate of drug-likeness (QED) is 0.679. The molecule has 1 amide bonds. The van der Waals surface area contributed by atoms with E-state index >= 15 is 0 Å². The standard InChI is InChI=1S/C12H12BrN3O3/c1-3-8(6-14)12(17)15-10-5-11(16(18)19)7(2)4-9(10)13/h4-5,8H,3H2,1-2H3,(H,15,17). The van der Waals surface area contributed by atoms with Crippen molar-refractivity contribution in [2.24, 2.45) is 5.92 Å². The van der Waals surface area contributed by atoms with E-state index in [4.69, 9.17) is 5.26 Å². The van der Waals surface area contributed by atoms with Crippen LogP contribution in [0.3, 0.4) is 0 Å². The van der Waals surface area contributed by atoms with Crippen LogP contribution in [0.15, 0.2) is 16.6 Å². The van der Waals surface area contributed by atoms with Crippen molar-refractivity contribution >= 4 is 33.2 Å². The Hall–Kier alpha value is -1.94.